The van der Waals surface area contributed by atoms with E-state index in [0.29, 0.717) is 29.4 Å². The van der Waals surface area contributed by atoms with Crippen LogP contribution in [0.4, 0.5) is 20.3 Å². The average molecular weight is 488 g/mol. The van der Waals surface area contributed by atoms with Crippen LogP contribution in [-0.4, -0.2) is 38.4 Å². The monoisotopic (exact) mass is 488 g/mol. The van der Waals surface area contributed by atoms with Gasteiger partial charge in [0.15, 0.2) is 11.6 Å². The lowest BCUT2D eigenvalue weighted by Crippen LogP contribution is -2.07. The van der Waals surface area contributed by atoms with Crippen LogP contribution in [0, 0.1) is 11.6 Å². The zero-order chi connectivity index (χ0) is 25.1. The van der Waals surface area contributed by atoms with E-state index in [-0.39, 0.29) is 23.7 Å². The number of pyridine rings is 1. The van der Waals surface area contributed by atoms with Crippen LogP contribution < -0.4 is 14.8 Å². The number of methoxy groups -OCH3 is 1. The lowest BCUT2D eigenvalue weighted by atomic mass is 10.1. The minimum Gasteiger partial charge on any atom is -0.494 e. The van der Waals surface area contributed by atoms with Crippen LogP contribution in [0.3, 0.4) is 0 Å². The van der Waals surface area contributed by atoms with E-state index in [1.807, 2.05) is 24.3 Å². The number of ether oxygens (including phenoxy) is 2. The number of fused-ring (bicyclic) bond motifs is 1. The topological polar surface area (TPSA) is 87.0 Å². The zero-order valence-corrected chi connectivity index (χ0v) is 19.6. The van der Waals surface area contributed by atoms with Gasteiger partial charge in [-0.25, -0.2) is 13.8 Å². The molecule has 10 heteroatoms. The number of halogens is 2. The van der Waals surface area contributed by atoms with Crippen molar-refractivity contribution in [2.45, 2.75) is 13.3 Å². The van der Waals surface area contributed by atoms with Crippen molar-refractivity contribution in [1.29, 1.82) is 0 Å². The first-order chi connectivity index (χ1) is 17.6. The number of aromatic nitrogens is 5. The highest BCUT2D eigenvalue weighted by Crippen LogP contribution is 2.29. The minimum absolute atomic E-state index is 0.0597. The fraction of sp³-hybridized carbons (Fsp3) is 0.154. The molecular formula is C26H22F2N6O2. The number of benzene rings is 2. The lowest BCUT2D eigenvalue weighted by Gasteiger charge is -2.11. The van der Waals surface area contributed by atoms with E-state index in [9.17, 15) is 8.78 Å². The van der Waals surface area contributed by atoms with Crippen molar-refractivity contribution in [1.82, 2.24) is 24.7 Å². The highest BCUT2D eigenvalue weighted by Gasteiger charge is 2.19. The molecule has 1 N–H and O–H groups in total. The molecule has 5 rings (SSSR count). The number of nitrogens with one attached hydrogen (secondary N) is 1. The Kier molecular flexibility index (Phi) is 6.40. The highest BCUT2D eigenvalue weighted by atomic mass is 19.1. The van der Waals surface area contributed by atoms with Gasteiger partial charge >= 0.3 is 0 Å². The van der Waals surface area contributed by atoms with Gasteiger partial charge in [0.25, 0.3) is 5.95 Å². The molecule has 0 atom stereocenters. The molecule has 36 heavy (non-hydrogen) atoms. The standard InChI is InChI=1S/C26H22F2N6O2/c1-3-36-17-12-20(27)19(21(28)13-17)14-22-18-6-4-5-7-23(18)34(33-22)26-30-15-24(35-2)25(32-26)31-16-8-10-29-11-9-16/h4-13,15H,3,14H2,1-2H3,(H,29,30,31,32). The number of para-hydroxylation sites is 1. The summed E-state index contributed by atoms with van der Waals surface area (Å²) in [6.45, 7) is 2.06. The van der Waals surface area contributed by atoms with Gasteiger partial charge in [0.1, 0.15) is 17.4 Å². The summed E-state index contributed by atoms with van der Waals surface area (Å²) in [5.41, 5.74) is 1.85. The lowest BCUT2D eigenvalue weighted by molar-refractivity contribution is 0.335. The van der Waals surface area contributed by atoms with Crippen molar-refractivity contribution in [2.75, 3.05) is 19.0 Å². The number of nitrogens with zero attached hydrogens (tertiary/aromatic N) is 5. The summed E-state index contributed by atoms with van der Waals surface area (Å²) in [6, 6.07) is 13.3. The van der Waals surface area contributed by atoms with Crippen molar-refractivity contribution in [2.24, 2.45) is 0 Å². The van der Waals surface area contributed by atoms with Gasteiger partial charge in [-0.3, -0.25) is 4.98 Å². The second-order valence-electron chi connectivity index (χ2n) is 7.80. The first-order valence-corrected chi connectivity index (χ1v) is 11.2. The second kappa shape index (κ2) is 9.95. The first kappa shape index (κ1) is 23.2. The summed E-state index contributed by atoms with van der Waals surface area (Å²) >= 11 is 0. The summed E-state index contributed by atoms with van der Waals surface area (Å²) in [7, 11) is 1.53. The Balaban J connectivity index is 1.56. The van der Waals surface area contributed by atoms with E-state index >= 15 is 0 Å². The van der Waals surface area contributed by atoms with Crippen LogP contribution in [0.2, 0.25) is 0 Å². The van der Waals surface area contributed by atoms with Crippen LogP contribution in [0.5, 0.6) is 11.5 Å². The molecule has 8 nitrogen and oxygen atoms in total. The molecule has 3 heterocycles. The van der Waals surface area contributed by atoms with E-state index in [2.05, 4.69) is 25.4 Å². The van der Waals surface area contributed by atoms with Gasteiger partial charge < -0.3 is 14.8 Å². The third-order valence-electron chi connectivity index (χ3n) is 5.53. The second-order valence-corrected chi connectivity index (χ2v) is 7.80. The Morgan fingerprint density at radius 3 is 2.50 bits per heavy atom. The zero-order valence-electron chi connectivity index (χ0n) is 19.6. The Morgan fingerprint density at radius 1 is 1.03 bits per heavy atom. The molecule has 182 valence electrons. The van der Waals surface area contributed by atoms with Gasteiger partial charge in [-0.2, -0.15) is 14.8 Å². The maximum absolute atomic E-state index is 14.8. The highest BCUT2D eigenvalue weighted by molar-refractivity contribution is 5.83. The number of anilines is 2. The summed E-state index contributed by atoms with van der Waals surface area (Å²) in [4.78, 5) is 13.0. The van der Waals surface area contributed by atoms with E-state index in [4.69, 9.17) is 9.47 Å². The van der Waals surface area contributed by atoms with Crippen molar-refractivity contribution in [3.8, 4) is 17.4 Å². The molecule has 0 bridgehead atoms. The Labute approximate surface area is 205 Å². The molecule has 0 saturated carbocycles. The van der Waals surface area contributed by atoms with Crippen molar-refractivity contribution in [3.05, 3.63) is 90.0 Å². The maximum atomic E-state index is 14.8. The molecule has 0 saturated heterocycles. The third kappa shape index (κ3) is 4.52. The summed E-state index contributed by atoms with van der Waals surface area (Å²) in [5.74, 6) is -0.109. The van der Waals surface area contributed by atoms with Crippen molar-refractivity contribution >= 4 is 22.4 Å². The third-order valence-corrected chi connectivity index (χ3v) is 5.53. The van der Waals surface area contributed by atoms with Crippen molar-refractivity contribution in [3.63, 3.8) is 0 Å². The molecule has 5 aromatic rings. The van der Waals surface area contributed by atoms with Crippen LogP contribution in [0.25, 0.3) is 16.9 Å². The molecule has 0 radical (unpaired) electrons. The van der Waals surface area contributed by atoms with Gasteiger partial charge in [0.2, 0.25) is 0 Å². The van der Waals surface area contributed by atoms with E-state index in [1.54, 1.807) is 36.1 Å². The van der Waals surface area contributed by atoms with Crippen LogP contribution in [0.1, 0.15) is 18.2 Å². The van der Waals surface area contributed by atoms with E-state index in [0.717, 1.165) is 11.1 Å². The molecule has 0 unspecified atom stereocenters. The molecule has 0 fully saturated rings. The van der Waals surface area contributed by atoms with Crippen molar-refractivity contribution < 1.29 is 18.3 Å². The SMILES string of the molecule is CCOc1cc(F)c(Cc2nn(-c3ncc(OC)c(Nc4ccncc4)n3)c3ccccc23)c(F)c1. The van der Waals surface area contributed by atoms with Gasteiger partial charge in [0, 0.05) is 47.6 Å². The molecule has 3 aromatic heterocycles. The van der Waals surface area contributed by atoms with Gasteiger partial charge in [0.05, 0.1) is 31.1 Å². The fourth-order valence-electron chi connectivity index (χ4n) is 3.85. The molecule has 0 amide bonds. The smallest absolute Gasteiger partial charge is 0.253 e. The molecule has 0 aliphatic carbocycles. The molecular weight excluding hydrogens is 466 g/mol. The van der Waals surface area contributed by atoms with E-state index < -0.39 is 11.6 Å². The predicted molar refractivity (Wildman–Crippen MR) is 131 cm³/mol. The molecule has 2 aromatic carbocycles. The largest absolute Gasteiger partial charge is 0.494 e. The molecule has 0 spiro atoms. The normalized spacial score (nSPS) is 11.0. The minimum atomic E-state index is -0.693. The number of hydrogen-bond donors (Lipinski definition) is 1. The summed E-state index contributed by atoms with van der Waals surface area (Å²) in [5, 5.41) is 8.57. The number of hydrogen-bond acceptors (Lipinski definition) is 7. The van der Waals surface area contributed by atoms with Gasteiger partial charge in [-0.1, -0.05) is 18.2 Å². The van der Waals surface area contributed by atoms with Crippen LogP contribution in [0.15, 0.2) is 67.1 Å². The Bertz CT molecular complexity index is 1500. The summed E-state index contributed by atoms with van der Waals surface area (Å²) < 4.78 is 41.8. The van der Waals surface area contributed by atoms with Crippen LogP contribution in [-0.2, 0) is 6.42 Å². The quantitative estimate of drug-likeness (QED) is 0.320. The summed E-state index contributed by atoms with van der Waals surface area (Å²) in [6.07, 6.45) is 4.79. The average Bonchev–Trinajstić information content (AvgIpc) is 3.25. The van der Waals surface area contributed by atoms with Gasteiger partial charge in [-0.05, 0) is 25.1 Å². The number of rotatable bonds is 8. The Hall–Kier alpha value is -4.60. The Morgan fingerprint density at radius 2 is 1.78 bits per heavy atom. The molecule has 0 aliphatic heterocycles. The van der Waals surface area contributed by atoms with Gasteiger partial charge in [-0.15, -0.1) is 0 Å². The predicted octanol–water partition coefficient (Wildman–Crippen LogP) is 5.23. The maximum Gasteiger partial charge on any atom is 0.253 e. The molecule has 0 aliphatic rings. The first-order valence-electron chi connectivity index (χ1n) is 11.2. The fourth-order valence-corrected chi connectivity index (χ4v) is 3.85. The van der Waals surface area contributed by atoms with E-state index in [1.165, 1.54) is 25.4 Å². The van der Waals surface area contributed by atoms with Crippen LogP contribution >= 0.6 is 0 Å².